The van der Waals surface area contributed by atoms with Gasteiger partial charge in [0.1, 0.15) is 18.0 Å². The maximum Gasteiger partial charge on any atom is 0.305 e. The summed E-state index contributed by atoms with van der Waals surface area (Å²) in [6.45, 7) is 12.7. The van der Waals surface area contributed by atoms with Gasteiger partial charge in [0.2, 0.25) is 0 Å². The molecular weight excluding hydrogens is 484 g/mol. The van der Waals surface area contributed by atoms with Crippen molar-refractivity contribution in [1.82, 2.24) is 0 Å². The van der Waals surface area contributed by atoms with E-state index in [2.05, 4.69) is 43.3 Å². The van der Waals surface area contributed by atoms with Gasteiger partial charge in [0.15, 0.2) is 0 Å². The van der Waals surface area contributed by atoms with E-state index >= 15 is 0 Å². The lowest BCUT2D eigenvalue weighted by Gasteiger charge is -2.62. The van der Waals surface area contributed by atoms with Crippen LogP contribution in [0.15, 0.2) is 12.3 Å². The van der Waals surface area contributed by atoms with Crippen molar-refractivity contribution in [3.8, 4) is 0 Å². The van der Waals surface area contributed by atoms with Crippen molar-refractivity contribution in [3.05, 3.63) is 12.3 Å². The van der Waals surface area contributed by atoms with Gasteiger partial charge in [0.25, 0.3) is 0 Å². The van der Waals surface area contributed by atoms with Gasteiger partial charge in [-0.2, -0.15) is 4.89 Å². The van der Waals surface area contributed by atoms with Crippen LogP contribution in [0.3, 0.4) is 0 Å². The Labute approximate surface area is 208 Å². The highest BCUT2D eigenvalue weighted by atomic mass is 79.9. The minimum absolute atomic E-state index is 0.0713. The zero-order chi connectivity index (χ0) is 24.0. The lowest BCUT2D eigenvalue weighted by molar-refractivity contribution is -0.313. The van der Waals surface area contributed by atoms with Crippen LogP contribution < -0.4 is 0 Å². The van der Waals surface area contributed by atoms with Crippen LogP contribution in [-0.4, -0.2) is 34.2 Å². The van der Waals surface area contributed by atoms with E-state index < -0.39 is 0 Å². The quantitative estimate of drug-likeness (QED) is 0.138. The van der Waals surface area contributed by atoms with Crippen molar-refractivity contribution >= 4 is 21.9 Å². The highest BCUT2D eigenvalue weighted by molar-refractivity contribution is 9.09. The first-order chi connectivity index (χ1) is 15.6. The molecule has 4 aliphatic carbocycles. The SMILES string of the molecule is C=C(CCC)OO[C@H]1CC[C@@]2(C)C(CC(O)C3C2CC[C@@]2(C)C3C[C@@H](Br)[C@@H]2OC(=O)CC)C1. The van der Waals surface area contributed by atoms with Crippen molar-refractivity contribution in [2.75, 3.05) is 0 Å². The maximum atomic E-state index is 12.2. The Morgan fingerprint density at radius 3 is 2.52 bits per heavy atom. The summed E-state index contributed by atoms with van der Waals surface area (Å²) in [5.74, 6) is 2.17. The predicted octanol–water partition coefficient (Wildman–Crippen LogP) is 6.33. The van der Waals surface area contributed by atoms with Gasteiger partial charge in [-0.15, -0.1) is 0 Å². The van der Waals surface area contributed by atoms with Crippen molar-refractivity contribution in [2.24, 2.45) is 34.5 Å². The number of hydrogen-bond acceptors (Lipinski definition) is 5. The third kappa shape index (κ3) is 4.53. The van der Waals surface area contributed by atoms with Gasteiger partial charge < -0.3 is 14.7 Å². The van der Waals surface area contributed by atoms with Crippen LogP contribution >= 0.6 is 15.9 Å². The molecule has 6 heteroatoms. The Balaban J connectivity index is 1.48. The molecule has 0 bridgehead atoms. The number of rotatable bonds is 7. The van der Waals surface area contributed by atoms with Crippen LogP contribution in [0.5, 0.6) is 0 Å². The lowest BCUT2D eigenvalue weighted by atomic mass is 9.44. The average molecular weight is 528 g/mol. The number of alkyl halides is 1. The smallest absolute Gasteiger partial charge is 0.305 e. The number of halogens is 1. The molecule has 5 nitrogen and oxygen atoms in total. The van der Waals surface area contributed by atoms with Gasteiger partial charge in [0.05, 0.1) is 10.9 Å². The molecule has 0 radical (unpaired) electrons. The second kappa shape index (κ2) is 9.81. The minimum Gasteiger partial charge on any atom is -0.461 e. The predicted molar refractivity (Wildman–Crippen MR) is 131 cm³/mol. The summed E-state index contributed by atoms with van der Waals surface area (Å²) in [5, 5.41) is 11.5. The third-order valence-corrected chi connectivity index (χ3v) is 10.8. The lowest BCUT2D eigenvalue weighted by Crippen LogP contribution is -2.59. The van der Waals surface area contributed by atoms with Crippen LogP contribution in [0, 0.1) is 34.5 Å². The number of fused-ring (bicyclic) bond motifs is 5. The fraction of sp³-hybridized carbons (Fsp3) is 0.889. The highest BCUT2D eigenvalue weighted by Crippen LogP contribution is 2.67. The monoisotopic (exact) mass is 526 g/mol. The molecule has 0 saturated heterocycles. The Hall–Kier alpha value is -0.590. The third-order valence-electron chi connectivity index (χ3n) is 9.91. The largest absolute Gasteiger partial charge is 0.461 e. The Morgan fingerprint density at radius 2 is 1.82 bits per heavy atom. The number of carbonyl (C=O) groups excluding carboxylic acids is 1. The van der Waals surface area contributed by atoms with Crippen molar-refractivity contribution in [2.45, 2.75) is 115 Å². The number of esters is 1. The zero-order valence-corrected chi connectivity index (χ0v) is 22.4. The first kappa shape index (κ1) is 25.5. The Bertz CT molecular complexity index is 742. The summed E-state index contributed by atoms with van der Waals surface area (Å²) in [6, 6.07) is 0. The van der Waals surface area contributed by atoms with Crippen molar-refractivity contribution in [3.63, 3.8) is 0 Å². The second-order valence-electron chi connectivity index (χ2n) is 11.7. The molecule has 0 aromatic heterocycles. The van der Waals surface area contributed by atoms with Gasteiger partial charge in [-0.1, -0.05) is 50.2 Å². The molecule has 1 N–H and O–H groups in total. The summed E-state index contributed by atoms with van der Waals surface area (Å²) < 4.78 is 5.96. The Morgan fingerprint density at radius 1 is 1.09 bits per heavy atom. The first-order valence-electron chi connectivity index (χ1n) is 13.2. The van der Waals surface area contributed by atoms with E-state index in [9.17, 15) is 9.90 Å². The van der Waals surface area contributed by atoms with E-state index in [0.29, 0.717) is 29.9 Å². The van der Waals surface area contributed by atoms with E-state index in [1.165, 1.54) is 0 Å². The number of hydrogen-bond donors (Lipinski definition) is 1. The molecule has 188 valence electrons. The van der Waals surface area contributed by atoms with E-state index in [4.69, 9.17) is 14.5 Å². The normalized spacial score (nSPS) is 46.6. The molecule has 0 aromatic rings. The van der Waals surface area contributed by atoms with Gasteiger partial charge in [-0.05, 0) is 80.5 Å². The first-order valence-corrected chi connectivity index (χ1v) is 14.1. The van der Waals surface area contributed by atoms with E-state index in [0.717, 1.165) is 57.8 Å². The standard InChI is InChI=1S/C27H43BrO5/c1-6-8-16(3)32-33-18-9-11-26(4)17(13-18)14-22(29)24-19(26)10-12-27(5)20(24)15-21(28)25(27)31-23(30)7-2/h17-22,24-25,29H,3,6-15H2,1-2,4-5H3/t17?,18-,19?,20?,21+,22?,24?,25-,26-,27-/m0/s1. The van der Waals surface area contributed by atoms with Crippen LogP contribution in [-0.2, 0) is 19.3 Å². The summed E-state index contributed by atoms with van der Waals surface area (Å²) in [6.07, 6.45) is 8.86. The van der Waals surface area contributed by atoms with Gasteiger partial charge in [-0.3, -0.25) is 4.79 Å². The molecule has 33 heavy (non-hydrogen) atoms. The maximum absolute atomic E-state index is 12.2. The number of allylic oxidation sites excluding steroid dienone is 1. The second-order valence-corrected chi connectivity index (χ2v) is 12.9. The molecule has 0 amide bonds. The van der Waals surface area contributed by atoms with Crippen molar-refractivity contribution < 1.29 is 24.4 Å². The molecule has 0 aromatic carbocycles. The van der Waals surface area contributed by atoms with Crippen LogP contribution in [0.1, 0.15) is 91.9 Å². The molecular formula is C27H43BrO5. The molecule has 0 aliphatic heterocycles. The number of aliphatic hydroxyl groups is 1. The number of aliphatic hydroxyl groups excluding tert-OH is 1. The average Bonchev–Trinajstić information content (AvgIpc) is 3.03. The molecule has 4 rings (SSSR count). The van der Waals surface area contributed by atoms with Crippen LogP contribution in [0.2, 0.25) is 0 Å². The molecule has 4 aliphatic rings. The van der Waals surface area contributed by atoms with Crippen molar-refractivity contribution in [1.29, 1.82) is 0 Å². The number of carbonyl (C=O) groups is 1. The van der Waals surface area contributed by atoms with E-state index in [1.54, 1.807) is 0 Å². The van der Waals surface area contributed by atoms with Gasteiger partial charge in [0, 0.05) is 18.3 Å². The van der Waals surface area contributed by atoms with Crippen LogP contribution in [0.25, 0.3) is 0 Å². The molecule has 4 saturated carbocycles. The van der Waals surface area contributed by atoms with E-state index in [1.807, 2.05) is 6.92 Å². The summed E-state index contributed by atoms with van der Waals surface area (Å²) in [7, 11) is 0. The summed E-state index contributed by atoms with van der Waals surface area (Å²) >= 11 is 3.86. The molecule has 4 fully saturated rings. The molecule has 0 spiro atoms. The van der Waals surface area contributed by atoms with Gasteiger partial charge >= 0.3 is 5.97 Å². The Kier molecular flexibility index (Phi) is 7.58. The van der Waals surface area contributed by atoms with Gasteiger partial charge in [-0.25, -0.2) is 0 Å². The topological polar surface area (TPSA) is 65.0 Å². The number of ether oxygens (including phenoxy) is 1. The van der Waals surface area contributed by atoms with E-state index in [-0.39, 0.29) is 45.9 Å². The molecule has 5 unspecified atom stereocenters. The fourth-order valence-corrected chi connectivity index (χ4v) is 9.20. The summed E-state index contributed by atoms with van der Waals surface area (Å²) in [5.41, 5.74) is 0.142. The molecule has 10 atom stereocenters. The minimum atomic E-state index is -0.312. The summed E-state index contributed by atoms with van der Waals surface area (Å²) in [4.78, 5) is 23.6. The fourth-order valence-electron chi connectivity index (χ4n) is 8.09. The molecule has 0 heterocycles. The highest BCUT2D eigenvalue weighted by Gasteiger charge is 2.65. The zero-order valence-electron chi connectivity index (χ0n) is 20.9. The van der Waals surface area contributed by atoms with Crippen LogP contribution in [0.4, 0.5) is 0 Å².